The Morgan fingerprint density at radius 3 is 3.62 bits per heavy atom. The average molecular weight is 123 g/mol. The summed E-state index contributed by atoms with van der Waals surface area (Å²) in [6, 6.07) is 2.94. The SMILES string of the molecule is [c]1c[nH]c2scnc12. The van der Waals surface area contributed by atoms with Crippen molar-refractivity contribution in [2.24, 2.45) is 0 Å². The van der Waals surface area contributed by atoms with Crippen molar-refractivity contribution in [3.8, 4) is 0 Å². The summed E-state index contributed by atoms with van der Waals surface area (Å²) in [6.45, 7) is 0. The van der Waals surface area contributed by atoms with Crippen molar-refractivity contribution in [3.63, 3.8) is 0 Å². The van der Waals surface area contributed by atoms with Crippen molar-refractivity contribution in [2.45, 2.75) is 0 Å². The molecule has 2 aromatic rings. The summed E-state index contributed by atoms with van der Waals surface area (Å²) in [6.07, 6.45) is 1.77. The topological polar surface area (TPSA) is 28.7 Å². The monoisotopic (exact) mass is 123 g/mol. The van der Waals surface area contributed by atoms with Gasteiger partial charge in [0.1, 0.15) is 10.3 Å². The van der Waals surface area contributed by atoms with Gasteiger partial charge in [0, 0.05) is 12.3 Å². The van der Waals surface area contributed by atoms with E-state index in [0.717, 1.165) is 10.3 Å². The van der Waals surface area contributed by atoms with Gasteiger partial charge >= 0.3 is 0 Å². The van der Waals surface area contributed by atoms with Gasteiger partial charge in [-0.2, -0.15) is 0 Å². The van der Waals surface area contributed by atoms with Crippen LogP contribution in [0, 0.1) is 6.07 Å². The Kier molecular flexibility index (Phi) is 0.676. The second-order valence-electron chi connectivity index (χ2n) is 1.46. The molecule has 0 amide bonds. The van der Waals surface area contributed by atoms with Gasteiger partial charge in [0.05, 0.1) is 5.51 Å². The molecule has 1 N–H and O–H groups in total. The third kappa shape index (κ3) is 0.391. The smallest absolute Gasteiger partial charge is 0.121 e. The quantitative estimate of drug-likeness (QED) is 0.564. The van der Waals surface area contributed by atoms with Gasteiger partial charge in [-0.05, 0) is 0 Å². The third-order valence-electron chi connectivity index (χ3n) is 0.980. The van der Waals surface area contributed by atoms with E-state index in [1.165, 1.54) is 0 Å². The number of fused-ring (bicyclic) bond motifs is 1. The summed E-state index contributed by atoms with van der Waals surface area (Å²) in [7, 11) is 0. The maximum atomic E-state index is 4.01. The number of nitrogens with zero attached hydrogens (tertiary/aromatic N) is 1. The lowest BCUT2D eigenvalue weighted by atomic mass is 10.6. The molecule has 0 bridgehead atoms. The van der Waals surface area contributed by atoms with Crippen molar-refractivity contribution in [1.29, 1.82) is 0 Å². The molecule has 0 saturated heterocycles. The van der Waals surface area contributed by atoms with Crippen molar-refractivity contribution in [1.82, 2.24) is 9.97 Å². The number of thiazole rings is 1. The summed E-state index contributed by atoms with van der Waals surface area (Å²) in [5.41, 5.74) is 2.74. The molecule has 0 aliphatic carbocycles. The van der Waals surface area contributed by atoms with Crippen LogP contribution in [0.5, 0.6) is 0 Å². The molecule has 0 atom stereocenters. The Balaban J connectivity index is 3.06. The summed E-state index contributed by atoms with van der Waals surface area (Å²) in [4.78, 5) is 8.11. The minimum absolute atomic E-state index is 0.940. The van der Waals surface area contributed by atoms with Crippen LogP contribution in [0.4, 0.5) is 0 Å². The maximum absolute atomic E-state index is 4.01. The van der Waals surface area contributed by atoms with Crippen molar-refractivity contribution in [3.05, 3.63) is 17.8 Å². The standard InChI is InChI=1S/C5H3N2S/c1-2-6-5-4(1)7-3-8-5/h2-3,6H. The molecule has 2 heterocycles. The highest BCUT2D eigenvalue weighted by Crippen LogP contribution is 2.12. The molecule has 3 heteroatoms. The Bertz CT molecular complexity index is 232. The first-order valence-electron chi connectivity index (χ1n) is 2.25. The highest BCUT2D eigenvalue weighted by molar-refractivity contribution is 7.16. The van der Waals surface area contributed by atoms with Crippen LogP contribution in [0.1, 0.15) is 0 Å². The molecule has 1 radical (unpaired) electrons. The Hall–Kier alpha value is -0.830. The van der Waals surface area contributed by atoms with E-state index in [2.05, 4.69) is 16.0 Å². The molecule has 0 fully saturated rings. The number of nitrogens with one attached hydrogen (secondary N) is 1. The molecule has 2 rings (SSSR count). The van der Waals surface area contributed by atoms with Crippen molar-refractivity contribution < 1.29 is 0 Å². The molecular weight excluding hydrogens is 120 g/mol. The molecule has 0 spiro atoms. The van der Waals surface area contributed by atoms with Crippen LogP contribution in [-0.2, 0) is 0 Å². The number of aromatic amines is 1. The zero-order chi connectivity index (χ0) is 5.40. The fourth-order valence-electron chi connectivity index (χ4n) is 0.621. The first-order chi connectivity index (χ1) is 3.97. The fraction of sp³-hybridized carbons (Fsp3) is 0. The van der Waals surface area contributed by atoms with Gasteiger partial charge in [0.15, 0.2) is 0 Å². The number of H-pyrrole nitrogens is 1. The number of hydrogen-bond donors (Lipinski definition) is 1. The van der Waals surface area contributed by atoms with Gasteiger partial charge in [-0.25, -0.2) is 4.98 Å². The third-order valence-corrected chi connectivity index (χ3v) is 1.74. The summed E-state index contributed by atoms with van der Waals surface area (Å²) in [5.74, 6) is 0. The molecule has 0 saturated carbocycles. The van der Waals surface area contributed by atoms with Crippen LogP contribution >= 0.6 is 11.3 Å². The van der Waals surface area contributed by atoms with Crippen LogP contribution < -0.4 is 0 Å². The molecule has 0 aliphatic rings. The van der Waals surface area contributed by atoms with Crippen LogP contribution in [0.25, 0.3) is 10.3 Å². The van der Waals surface area contributed by atoms with E-state index in [4.69, 9.17) is 0 Å². The van der Waals surface area contributed by atoms with Crippen molar-refractivity contribution in [2.75, 3.05) is 0 Å². The minimum Gasteiger partial charge on any atom is -0.351 e. The van der Waals surface area contributed by atoms with Crippen LogP contribution in [-0.4, -0.2) is 9.97 Å². The van der Waals surface area contributed by atoms with Gasteiger partial charge in [-0.1, -0.05) is 0 Å². The first kappa shape index (κ1) is 4.09. The number of hydrogen-bond acceptors (Lipinski definition) is 2. The second kappa shape index (κ2) is 1.32. The first-order valence-corrected chi connectivity index (χ1v) is 3.13. The van der Waals surface area contributed by atoms with Crippen LogP contribution in [0.2, 0.25) is 0 Å². The second-order valence-corrected chi connectivity index (χ2v) is 2.32. The van der Waals surface area contributed by atoms with E-state index >= 15 is 0 Å². The summed E-state index contributed by atoms with van der Waals surface area (Å²) < 4.78 is 0. The van der Waals surface area contributed by atoms with E-state index in [-0.39, 0.29) is 0 Å². The highest BCUT2D eigenvalue weighted by atomic mass is 32.1. The van der Waals surface area contributed by atoms with E-state index < -0.39 is 0 Å². The van der Waals surface area contributed by atoms with E-state index in [1.807, 2.05) is 0 Å². The average Bonchev–Trinajstić information content (AvgIpc) is 2.15. The Morgan fingerprint density at radius 1 is 1.75 bits per heavy atom. The summed E-state index contributed by atoms with van der Waals surface area (Å²) in [5, 5.41) is 0. The number of rotatable bonds is 0. The maximum Gasteiger partial charge on any atom is 0.121 e. The molecule has 0 unspecified atom stereocenters. The molecule has 2 aromatic heterocycles. The van der Waals surface area contributed by atoms with E-state index in [1.54, 1.807) is 23.0 Å². The van der Waals surface area contributed by atoms with Crippen molar-refractivity contribution >= 4 is 21.7 Å². The molecule has 0 aromatic carbocycles. The highest BCUT2D eigenvalue weighted by Gasteiger charge is 1.92. The molecule has 2 nitrogen and oxygen atoms in total. The lowest BCUT2D eigenvalue weighted by Crippen LogP contribution is -1.51. The van der Waals surface area contributed by atoms with Gasteiger partial charge < -0.3 is 4.98 Å². The van der Waals surface area contributed by atoms with E-state index in [0.29, 0.717) is 0 Å². The zero-order valence-corrected chi connectivity index (χ0v) is 4.83. The van der Waals surface area contributed by atoms with Crippen LogP contribution in [0.15, 0.2) is 11.7 Å². The minimum atomic E-state index is 0.940. The molecule has 0 aliphatic heterocycles. The largest absolute Gasteiger partial charge is 0.351 e. The van der Waals surface area contributed by atoms with Crippen LogP contribution in [0.3, 0.4) is 0 Å². The predicted molar refractivity (Wildman–Crippen MR) is 32.8 cm³/mol. The van der Waals surface area contributed by atoms with Gasteiger partial charge in [-0.3, -0.25) is 0 Å². The number of aromatic nitrogens is 2. The molecular formula is C5H3N2S. The Labute approximate surface area is 50.2 Å². The van der Waals surface area contributed by atoms with Gasteiger partial charge in [0.2, 0.25) is 0 Å². The lowest BCUT2D eigenvalue weighted by Gasteiger charge is -1.64. The normalized spacial score (nSPS) is 10.5. The Morgan fingerprint density at radius 2 is 2.75 bits per heavy atom. The zero-order valence-electron chi connectivity index (χ0n) is 4.01. The lowest BCUT2D eigenvalue weighted by molar-refractivity contribution is 1.50. The molecule has 39 valence electrons. The predicted octanol–water partition coefficient (Wildman–Crippen LogP) is 1.42. The fourth-order valence-corrected chi connectivity index (χ4v) is 1.24. The molecule has 8 heavy (non-hydrogen) atoms. The summed E-state index contributed by atoms with van der Waals surface area (Å²) >= 11 is 1.60. The van der Waals surface area contributed by atoms with Gasteiger partial charge in [-0.15, -0.1) is 11.3 Å². The van der Waals surface area contributed by atoms with E-state index in [9.17, 15) is 0 Å². The van der Waals surface area contributed by atoms with Gasteiger partial charge in [0.25, 0.3) is 0 Å².